The standard InChI is InChI=1S/C35H66N8O.C16H29NO3.C10H19NO/c1-27-36-30(42-19-21-44-22-20-42)38-31(37-27)43(29-25-34(6,7)40-35(8,9)26-29)18-16-14-12-11-13-15-17-41(10)28-23-32(2,3)39-33(4,5)24-28;1-12(2)14(18)20-9-8-19-13-10-15(3,4)17(7)16(5,6)11-13;1-9(2)6-8(12)7-10(3,4)11(9)5/h28-29,39-40H,11-26H2,1-10H3;13H,1,8-11H2,2-7H3;6-7H2,1-5H3. The van der Waals surface area contributed by atoms with Gasteiger partial charge in [0.15, 0.2) is 0 Å². The fraction of sp³-hybridized carbons (Fsp3) is 0.885. The molecule has 5 aliphatic heterocycles. The Bertz CT molecular complexity index is 1960. The van der Waals surface area contributed by atoms with Crippen molar-refractivity contribution >= 4 is 23.6 Å². The maximum atomic E-state index is 11.4. The van der Waals surface area contributed by atoms with E-state index in [9.17, 15) is 9.59 Å². The summed E-state index contributed by atoms with van der Waals surface area (Å²) in [5.74, 6) is 2.50. The number of esters is 1. The first-order valence-corrected chi connectivity index (χ1v) is 29.4. The fourth-order valence-corrected chi connectivity index (χ4v) is 13.5. The summed E-state index contributed by atoms with van der Waals surface area (Å²) < 4.78 is 16.5. The fourth-order valence-electron chi connectivity index (χ4n) is 13.5. The molecule has 0 amide bonds. The maximum absolute atomic E-state index is 11.4. The molecule has 0 radical (unpaired) electrons. The van der Waals surface area contributed by atoms with Crippen molar-refractivity contribution < 1.29 is 23.8 Å². The third-order valence-electron chi connectivity index (χ3n) is 17.2. The van der Waals surface area contributed by atoms with E-state index in [0.717, 1.165) is 76.3 Å². The molecule has 5 fully saturated rings. The number of rotatable bonds is 18. The van der Waals surface area contributed by atoms with Gasteiger partial charge >= 0.3 is 5.97 Å². The summed E-state index contributed by atoms with van der Waals surface area (Å²) in [6.45, 7) is 49.5. The number of aryl methyl sites for hydroxylation is 1. The molecule has 2 N–H and O–H groups in total. The molecule has 0 bridgehead atoms. The van der Waals surface area contributed by atoms with E-state index in [1.54, 1.807) is 6.92 Å². The number of likely N-dealkylation sites (tertiary alicyclic amines) is 2. The molecule has 1 aromatic heterocycles. The van der Waals surface area contributed by atoms with E-state index in [0.29, 0.717) is 49.5 Å². The van der Waals surface area contributed by atoms with Crippen molar-refractivity contribution in [3.05, 3.63) is 18.0 Å². The Kier molecular flexibility index (Phi) is 23.1. The van der Waals surface area contributed by atoms with Crippen LogP contribution >= 0.6 is 0 Å². The van der Waals surface area contributed by atoms with Crippen LogP contribution in [0.4, 0.5) is 11.9 Å². The molecule has 0 spiro atoms. The molecular weight excluding hydrogens is 953 g/mol. The normalized spacial score (nSPS) is 24.2. The van der Waals surface area contributed by atoms with E-state index >= 15 is 0 Å². The molecule has 0 aliphatic carbocycles. The SMILES string of the molecule is C=C(C)C(=O)OCCOC1CC(C)(C)N(C)C(C)(C)C1.CN1C(C)(C)CC(=O)CC1(C)C.Cc1nc(N2CCOCC2)nc(N(CCCCCCCCN(C)C2CC(C)(C)NC(C)(C)C2)C2CC(C)(C)NC(C)(C)C2)n1. The van der Waals surface area contributed by atoms with Gasteiger partial charge in [-0.15, -0.1) is 0 Å². The molecule has 5 aliphatic rings. The predicted octanol–water partition coefficient (Wildman–Crippen LogP) is 10.3. The third kappa shape index (κ3) is 20.4. The lowest BCUT2D eigenvalue weighted by Gasteiger charge is -2.53. The van der Waals surface area contributed by atoms with Crippen LogP contribution < -0.4 is 20.4 Å². The number of Topliss-reactive ketones (excluding diaryl/α,β-unsaturated/α-hetero) is 1. The van der Waals surface area contributed by atoms with Crippen LogP contribution in [0.25, 0.3) is 0 Å². The molecule has 0 atom stereocenters. The van der Waals surface area contributed by atoms with Gasteiger partial charge < -0.3 is 39.5 Å². The molecule has 6 heterocycles. The quantitative estimate of drug-likeness (QED) is 0.0818. The summed E-state index contributed by atoms with van der Waals surface area (Å²) >= 11 is 0. The summed E-state index contributed by atoms with van der Waals surface area (Å²) in [6, 6.07) is 1.06. The van der Waals surface area contributed by atoms with Crippen molar-refractivity contribution in [2.75, 3.05) is 83.5 Å². The highest BCUT2D eigenvalue weighted by Crippen LogP contribution is 2.39. The Labute approximate surface area is 464 Å². The van der Waals surface area contributed by atoms with Crippen LogP contribution in [0.3, 0.4) is 0 Å². The van der Waals surface area contributed by atoms with Gasteiger partial charge in [-0.3, -0.25) is 14.6 Å². The minimum Gasteiger partial charge on any atom is -0.460 e. The molecule has 1 aromatic rings. The second-order valence-corrected chi connectivity index (χ2v) is 28.9. The van der Waals surface area contributed by atoms with Crippen LogP contribution in [0.1, 0.15) is 213 Å². The van der Waals surface area contributed by atoms with Gasteiger partial charge in [0.05, 0.1) is 25.9 Å². The number of unbranched alkanes of at least 4 members (excludes halogenated alkanes) is 5. The van der Waals surface area contributed by atoms with Gasteiger partial charge in [0, 0.05) is 94.4 Å². The van der Waals surface area contributed by atoms with E-state index in [1.807, 2.05) is 6.92 Å². The largest absolute Gasteiger partial charge is 0.460 e. The number of morpholine rings is 1. The number of nitrogens with zero attached hydrogens (tertiary/aromatic N) is 8. The van der Waals surface area contributed by atoms with Crippen LogP contribution in [-0.4, -0.2) is 178 Å². The Morgan fingerprint density at radius 2 is 1.09 bits per heavy atom. The lowest BCUT2D eigenvalue weighted by molar-refractivity contribution is -0.143. The molecule has 438 valence electrons. The highest BCUT2D eigenvalue weighted by molar-refractivity contribution is 5.86. The van der Waals surface area contributed by atoms with Crippen molar-refractivity contribution in [1.82, 2.24) is 40.3 Å². The number of nitrogens with one attached hydrogen (secondary N) is 2. The zero-order chi connectivity index (χ0) is 57.3. The summed E-state index contributed by atoms with van der Waals surface area (Å²) in [4.78, 5) is 49.6. The van der Waals surface area contributed by atoms with Gasteiger partial charge in [-0.05, 0) is 204 Å². The Balaban J connectivity index is 0.000000318. The summed E-state index contributed by atoms with van der Waals surface area (Å²) in [5.41, 5.74) is 1.24. The van der Waals surface area contributed by atoms with Crippen LogP contribution in [0.5, 0.6) is 0 Å². The number of carbonyl (C=O) groups is 2. The number of piperidine rings is 4. The highest BCUT2D eigenvalue weighted by atomic mass is 16.6. The summed E-state index contributed by atoms with van der Waals surface area (Å²) in [6.07, 6.45) is 15.8. The van der Waals surface area contributed by atoms with Gasteiger partial charge in [0.25, 0.3) is 0 Å². The molecule has 0 unspecified atom stereocenters. The smallest absolute Gasteiger partial charge is 0.333 e. The van der Waals surface area contributed by atoms with Crippen LogP contribution in [-0.2, 0) is 23.8 Å². The molecule has 0 aromatic carbocycles. The van der Waals surface area contributed by atoms with Gasteiger partial charge in [-0.1, -0.05) is 32.3 Å². The predicted molar refractivity (Wildman–Crippen MR) is 315 cm³/mol. The maximum Gasteiger partial charge on any atom is 0.333 e. The molecular formula is C61H114N10O5. The number of anilines is 2. The number of hydrogen-bond acceptors (Lipinski definition) is 15. The first-order chi connectivity index (χ1) is 34.8. The second kappa shape index (κ2) is 26.7. The van der Waals surface area contributed by atoms with Gasteiger partial charge in [-0.25, -0.2) is 4.79 Å². The molecule has 5 saturated heterocycles. The number of carbonyl (C=O) groups excluding carboxylic acids is 2. The highest BCUT2D eigenvalue weighted by Gasteiger charge is 2.45. The Hall–Kier alpha value is -2.79. The number of aromatic nitrogens is 3. The molecule has 6 rings (SSSR count). The van der Waals surface area contributed by atoms with Crippen LogP contribution in [0.2, 0.25) is 0 Å². The lowest BCUT2D eigenvalue weighted by Crippen LogP contribution is -2.62. The van der Waals surface area contributed by atoms with Crippen molar-refractivity contribution in [3.8, 4) is 0 Å². The Morgan fingerprint density at radius 1 is 0.645 bits per heavy atom. The van der Waals surface area contributed by atoms with E-state index in [-0.39, 0.29) is 56.4 Å². The van der Waals surface area contributed by atoms with E-state index in [2.05, 4.69) is 174 Å². The van der Waals surface area contributed by atoms with Gasteiger partial charge in [-0.2, -0.15) is 15.0 Å². The average molecular weight is 1070 g/mol. The lowest BCUT2D eigenvalue weighted by atomic mass is 9.79. The van der Waals surface area contributed by atoms with Crippen molar-refractivity contribution in [2.45, 2.75) is 277 Å². The minimum absolute atomic E-state index is 0.0266. The summed E-state index contributed by atoms with van der Waals surface area (Å²) in [5, 5.41) is 7.70. The average Bonchev–Trinajstić information content (AvgIpc) is 3.26. The van der Waals surface area contributed by atoms with Crippen LogP contribution in [0, 0.1) is 6.92 Å². The van der Waals surface area contributed by atoms with Gasteiger partial charge in [0.1, 0.15) is 18.2 Å². The molecule has 0 saturated carbocycles. The second-order valence-electron chi connectivity index (χ2n) is 28.9. The minimum atomic E-state index is -0.349. The number of ether oxygens (including phenoxy) is 3. The van der Waals surface area contributed by atoms with E-state index in [1.165, 1.54) is 57.9 Å². The topological polar surface area (TPSA) is 141 Å². The molecule has 76 heavy (non-hydrogen) atoms. The van der Waals surface area contributed by atoms with Gasteiger partial charge in [0.2, 0.25) is 11.9 Å². The van der Waals surface area contributed by atoms with Crippen molar-refractivity contribution in [2.24, 2.45) is 0 Å². The third-order valence-corrected chi connectivity index (χ3v) is 17.2. The number of hydrogen-bond donors (Lipinski definition) is 2. The van der Waals surface area contributed by atoms with Crippen molar-refractivity contribution in [1.29, 1.82) is 0 Å². The molecule has 15 heteroatoms. The zero-order valence-electron chi connectivity index (χ0n) is 52.6. The van der Waals surface area contributed by atoms with E-state index in [4.69, 9.17) is 29.2 Å². The Morgan fingerprint density at radius 3 is 1.58 bits per heavy atom. The van der Waals surface area contributed by atoms with E-state index < -0.39 is 0 Å². The summed E-state index contributed by atoms with van der Waals surface area (Å²) in [7, 11) is 6.62. The zero-order valence-corrected chi connectivity index (χ0v) is 52.6. The monoisotopic (exact) mass is 1070 g/mol. The molecule has 15 nitrogen and oxygen atoms in total. The first-order valence-electron chi connectivity index (χ1n) is 29.4. The van der Waals surface area contributed by atoms with Crippen molar-refractivity contribution in [3.63, 3.8) is 0 Å². The number of ketones is 1. The first kappa shape index (κ1) is 65.7. The van der Waals surface area contributed by atoms with Crippen LogP contribution in [0.15, 0.2) is 12.2 Å².